The summed E-state index contributed by atoms with van der Waals surface area (Å²) in [6, 6.07) is 12.8. The van der Waals surface area contributed by atoms with E-state index in [-0.39, 0.29) is 0 Å². The molecule has 0 fully saturated rings. The fourth-order valence-electron chi connectivity index (χ4n) is 1.92. The molecule has 0 amide bonds. The van der Waals surface area contributed by atoms with Crippen molar-refractivity contribution in [3.63, 3.8) is 0 Å². The van der Waals surface area contributed by atoms with Gasteiger partial charge in [0.2, 0.25) is 0 Å². The molecule has 0 spiro atoms. The molecule has 100 valence electrons. The number of fused-ring (bicyclic) bond motifs is 1. The Bertz CT molecular complexity index is 790. The van der Waals surface area contributed by atoms with Crippen LogP contribution in [0.5, 0.6) is 11.5 Å². The second-order valence-electron chi connectivity index (χ2n) is 4.21. The van der Waals surface area contributed by atoms with E-state index in [1.165, 1.54) is 0 Å². The van der Waals surface area contributed by atoms with Crippen molar-refractivity contribution < 1.29 is 4.74 Å². The number of anilines is 1. The maximum atomic E-state index is 6.13. The van der Waals surface area contributed by atoms with Crippen molar-refractivity contribution in [2.75, 3.05) is 5.73 Å². The standard InChI is InChI=1S/C15H10Cl2N2O/c16-10-5-3-7-13(14(10)17)20-15-9-4-1-2-6-12(9)19-8-11(15)18/h1-8H,18H2. The van der Waals surface area contributed by atoms with Gasteiger partial charge >= 0.3 is 0 Å². The summed E-state index contributed by atoms with van der Waals surface area (Å²) in [5.41, 5.74) is 7.20. The lowest BCUT2D eigenvalue weighted by Gasteiger charge is -2.12. The molecule has 3 nitrogen and oxygen atoms in total. The van der Waals surface area contributed by atoms with Crippen LogP contribution in [0.2, 0.25) is 10.0 Å². The van der Waals surface area contributed by atoms with Crippen LogP contribution in [0, 0.1) is 0 Å². The van der Waals surface area contributed by atoms with Crippen molar-refractivity contribution in [1.29, 1.82) is 0 Å². The van der Waals surface area contributed by atoms with Crippen molar-refractivity contribution in [2.24, 2.45) is 0 Å². The van der Waals surface area contributed by atoms with Gasteiger partial charge in [-0.05, 0) is 24.3 Å². The highest BCUT2D eigenvalue weighted by Gasteiger charge is 2.12. The van der Waals surface area contributed by atoms with Crippen LogP contribution in [-0.4, -0.2) is 4.98 Å². The number of para-hydroxylation sites is 1. The third kappa shape index (κ3) is 2.26. The Morgan fingerprint density at radius 2 is 1.80 bits per heavy atom. The number of aromatic nitrogens is 1. The highest BCUT2D eigenvalue weighted by molar-refractivity contribution is 6.42. The number of rotatable bonds is 2. The molecule has 1 heterocycles. The van der Waals surface area contributed by atoms with Gasteiger partial charge < -0.3 is 10.5 Å². The summed E-state index contributed by atoms with van der Waals surface area (Å²) < 4.78 is 5.85. The number of halogens is 2. The Balaban J connectivity index is 2.15. The summed E-state index contributed by atoms with van der Waals surface area (Å²) in [4.78, 5) is 4.26. The van der Waals surface area contributed by atoms with E-state index in [2.05, 4.69) is 4.98 Å². The lowest BCUT2D eigenvalue weighted by Crippen LogP contribution is -1.95. The zero-order valence-electron chi connectivity index (χ0n) is 10.3. The first kappa shape index (κ1) is 13.0. The van der Waals surface area contributed by atoms with E-state index in [4.69, 9.17) is 33.7 Å². The number of benzene rings is 2. The van der Waals surface area contributed by atoms with Crippen LogP contribution in [0.15, 0.2) is 48.7 Å². The van der Waals surface area contributed by atoms with E-state index in [1.807, 2.05) is 24.3 Å². The number of nitrogens with zero attached hydrogens (tertiary/aromatic N) is 1. The van der Waals surface area contributed by atoms with Gasteiger partial charge in [-0.1, -0.05) is 41.4 Å². The molecule has 3 rings (SSSR count). The number of hydrogen-bond donors (Lipinski definition) is 1. The van der Waals surface area contributed by atoms with E-state index in [0.29, 0.717) is 27.2 Å². The van der Waals surface area contributed by atoms with Crippen LogP contribution in [-0.2, 0) is 0 Å². The van der Waals surface area contributed by atoms with E-state index < -0.39 is 0 Å². The summed E-state index contributed by atoms with van der Waals surface area (Å²) in [6.07, 6.45) is 1.57. The molecule has 0 aliphatic carbocycles. The molecule has 0 aliphatic heterocycles. The summed E-state index contributed by atoms with van der Waals surface area (Å²) >= 11 is 12.1. The largest absolute Gasteiger partial charge is 0.453 e. The van der Waals surface area contributed by atoms with E-state index in [9.17, 15) is 0 Å². The zero-order chi connectivity index (χ0) is 14.1. The summed E-state index contributed by atoms with van der Waals surface area (Å²) in [6.45, 7) is 0. The molecule has 0 aliphatic rings. The van der Waals surface area contributed by atoms with Gasteiger partial charge in [0, 0.05) is 5.39 Å². The number of nitrogen functional groups attached to an aromatic ring is 1. The molecule has 1 aromatic heterocycles. The Kier molecular flexibility index (Phi) is 3.38. The Labute approximate surface area is 125 Å². The van der Waals surface area contributed by atoms with Gasteiger partial charge in [-0.2, -0.15) is 0 Å². The van der Waals surface area contributed by atoms with Crippen LogP contribution < -0.4 is 10.5 Å². The Hall–Kier alpha value is -1.97. The average Bonchev–Trinajstić information content (AvgIpc) is 2.46. The van der Waals surface area contributed by atoms with Gasteiger partial charge in [-0.3, -0.25) is 4.98 Å². The second kappa shape index (κ2) is 5.19. The molecule has 5 heteroatoms. The molecule has 0 radical (unpaired) electrons. The number of nitrogens with two attached hydrogens (primary N) is 1. The Morgan fingerprint density at radius 3 is 2.65 bits per heavy atom. The van der Waals surface area contributed by atoms with Crippen molar-refractivity contribution in [3.8, 4) is 11.5 Å². The monoisotopic (exact) mass is 304 g/mol. The third-order valence-corrected chi connectivity index (χ3v) is 3.68. The topological polar surface area (TPSA) is 48.1 Å². The van der Waals surface area contributed by atoms with Gasteiger partial charge in [0.05, 0.1) is 22.4 Å². The molecule has 20 heavy (non-hydrogen) atoms. The van der Waals surface area contributed by atoms with Gasteiger partial charge in [0.25, 0.3) is 0 Å². The Morgan fingerprint density at radius 1 is 1.00 bits per heavy atom. The van der Waals surface area contributed by atoms with E-state index in [1.54, 1.807) is 24.4 Å². The average molecular weight is 305 g/mol. The summed E-state index contributed by atoms with van der Waals surface area (Å²) in [5.74, 6) is 0.988. The van der Waals surface area contributed by atoms with Gasteiger partial charge in [0.15, 0.2) is 5.75 Å². The summed E-state index contributed by atoms with van der Waals surface area (Å²) in [7, 11) is 0. The molecule has 0 atom stereocenters. The molecule has 0 saturated carbocycles. The molecule has 0 saturated heterocycles. The van der Waals surface area contributed by atoms with Crippen molar-refractivity contribution in [2.45, 2.75) is 0 Å². The second-order valence-corrected chi connectivity index (χ2v) is 5.00. The molecule has 0 bridgehead atoms. The third-order valence-electron chi connectivity index (χ3n) is 2.88. The molecule has 2 N–H and O–H groups in total. The van der Waals surface area contributed by atoms with Gasteiger partial charge in [-0.25, -0.2) is 0 Å². The molecular formula is C15H10Cl2N2O. The molecular weight excluding hydrogens is 295 g/mol. The molecule has 0 unspecified atom stereocenters. The van der Waals surface area contributed by atoms with Gasteiger partial charge in [0.1, 0.15) is 10.8 Å². The lowest BCUT2D eigenvalue weighted by molar-refractivity contribution is 0.490. The smallest absolute Gasteiger partial charge is 0.161 e. The van der Waals surface area contributed by atoms with E-state index >= 15 is 0 Å². The van der Waals surface area contributed by atoms with Crippen LogP contribution in [0.25, 0.3) is 10.9 Å². The SMILES string of the molecule is Nc1cnc2ccccc2c1Oc1cccc(Cl)c1Cl. The van der Waals surface area contributed by atoms with Crippen LogP contribution >= 0.6 is 23.2 Å². The normalized spacial score (nSPS) is 10.7. The minimum absolute atomic E-state index is 0.356. The number of ether oxygens (including phenoxy) is 1. The minimum atomic E-state index is 0.356. The summed E-state index contributed by atoms with van der Waals surface area (Å²) in [5, 5.41) is 1.61. The first-order valence-electron chi connectivity index (χ1n) is 5.92. The van der Waals surface area contributed by atoms with Crippen molar-refractivity contribution in [1.82, 2.24) is 4.98 Å². The fraction of sp³-hybridized carbons (Fsp3) is 0. The first-order valence-corrected chi connectivity index (χ1v) is 6.67. The van der Waals surface area contributed by atoms with Crippen molar-refractivity contribution >= 4 is 39.8 Å². The molecule has 3 aromatic rings. The van der Waals surface area contributed by atoms with E-state index in [0.717, 1.165) is 10.9 Å². The number of hydrogen-bond acceptors (Lipinski definition) is 3. The molecule has 2 aromatic carbocycles. The predicted octanol–water partition coefficient (Wildman–Crippen LogP) is 4.92. The highest BCUT2D eigenvalue weighted by atomic mass is 35.5. The maximum Gasteiger partial charge on any atom is 0.161 e. The van der Waals surface area contributed by atoms with Crippen molar-refractivity contribution in [3.05, 3.63) is 58.7 Å². The predicted molar refractivity (Wildman–Crippen MR) is 82.7 cm³/mol. The number of pyridine rings is 1. The van der Waals surface area contributed by atoms with Crippen LogP contribution in [0.4, 0.5) is 5.69 Å². The fourth-order valence-corrected chi connectivity index (χ4v) is 2.25. The zero-order valence-corrected chi connectivity index (χ0v) is 11.8. The highest BCUT2D eigenvalue weighted by Crippen LogP contribution is 2.39. The van der Waals surface area contributed by atoms with Crippen LogP contribution in [0.1, 0.15) is 0 Å². The lowest BCUT2D eigenvalue weighted by atomic mass is 10.2. The van der Waals surface area contributed by atoms with Crippen LogP contribution in [0.3, 0.4) is 0 Å². The van der Waals surface area contributed by atoms with Gasteiger partial charge in [-0.15, -0.1) is 0 Å². The quantitative estimate of drug-likeness (QED) is 0.731. The maximum absolute atomic E-state index is 6.13. The first-order chi connectivity index (χ1) is 9.66. The minimum Gasteiger partial charge on any atom is -0.453 e.